The van der Waals surface area contributed by atoms with Gasteiger partial charge in [0.2, 0.25) is 5.91 Å². The number of benzene rings is 3. The summed E-state index contributed by atoms with van der Waals surface area (Å²) in [5, 5.41) is 4.45. The van der Waals surface area contributed by atoms with Gasteiger partial charge in [-0.15, -0.1) is 11.8 Å². The maximum Gasteiger partial charge on any atom is 0.418 e. The van der Waals surface area contributed by atoms with Crippen molar-refractivity contribution in [2.45, 2.75) is 23.2 Å². The smallest absolute Gasteiger partial charge is 0.418 e. The molecular formula is C25H23F3N2O4S. The van der Waals surface area contributed by atoms with E-state index in [-0.39, 0.29) is 11.3 Å². The largest absolute Gasteiger partial charge is 0.496 e. The fourth-order valence-corrected chi connectivity index (χ4v) is 4.08. The lowest BCUT2D eigenvalue weighted by atomic mass is 10.1. The van der Waals surface area contributed by atoms with Crippen molar-refractivity contribution >= 4 is 35.0 Å². The fraction of sp³-hybridized carbons (Fsp3) is 0.200. The number of rotatable bonds is 8. The molecule has 0 radical (unpaired) electrons. The first-order valence-electron chi connectivity index (χ1n) is 10.4. The van der Waals surface area contributed by atoms with Crippen molar-refractivity contribution in [3.05, 3.63) is 77.9 Å². The van der Waals surface area contributed by atoms with Gasteiger partial charge in [0.1, 0.15) is 17.1 Å². The van der Waals surface area contributed by atoms with Crippen LogP contribution < -0.4 is 20.1 Å². The minimum Gasteiger partial charge on any atom is -0.496 e. The zero-order valence-electron chi connectivity index (χ0n) is 19.1. The van der Waals surface area contributed by atoms with Gasteiger partial charge < -0.3 is 20.1 Å². The summed E-state index contributed by atoms with van der Waals surface area (Å²) in [5.41, 5.74) is -0.441. The highest BCUT2D eigenvalue weighted by molar-refractivity contribution is 8.00. The van der Waals surface area contributed by atoms with Crippen molar-refractivity contribution in [1.82, 2.24) is 0 Å². The van der Waals surface area contributed by atoms with Crippen LogP contribution in [0.1, 0.15) is 22.8 Å². The second-order valence-corrected chi connectivity index (χ2v) is 8.72. The molecule has 1 unspecified atom stereocenters. The number of methoxy groups -OCH3 is 2. The summed E-state index contributed by atoms with van der Waals surface area (Å²) in [4.78, 5) is 26.0. The number of alkyl halides is 3. The molecule has 184 valence electrons. The van der Waals surface area contributed by atoms with Crippen LogP contribution in [0.5, 0.6) is 11.5 Å². The molecule has 0 saturated carbocycles. The molecule has 0 spiro atoms. The number of anilines is 2. The van der Waals surface area contributed by atoms with Gasteiger partial charge in [-0.2, -0.15) is 13.2 Å². The number of ether oxygens (including phenoxy) is 2. The fourth-order valence-electron chi connectivity index (χ4n) is 3.22. The third-order valence-corrected chi connectivity index (χ3v) is 6.05. The summed E-state index contributed by atoms with van der Waals surface area (Å²) in [6, 6.07) is 16.6. The molecule has 0 aliphatic heterocycles. The summed E-state index contributed by atoms with van der Waals surface area (Å²) in [6.45, 7) is 1.60. The number of halogens is 3. The molecule has 3 rings (SSSR count). The molecule has 0 aromatic heterocycles. The second kappa shape index (κ2) is 11.2. The Morgan fingerprint density at radius 3 is 2.03 bits per heavy atom. The van der Waals surface area contributed by atoms with Crippen LogP contribution in [0.4, 0.5) is 24.5 Å². The van der Waals surface area contributed by atoms with Crippen LogP contribution in [-0.4, -0.2) is 31.3 Å². The summed E-state index contributed by atoms with van der Waals surface area (Å²) in [5.74, 6) is -0.259. The molecule has 2 N–H and O–H groups in total. The van der Waals surface area contributed by atoms with Crippen molar-refractivity contribution in [2.24, 2.45) is 0 Å². The molecule has 3 aromatic carbocycles. The summed E-state index contributed by atoms with van der Waals surface area (Å²) < 4.78 is 50.0. The average Bonchev–Trinajstić information content (AvgIpc) is 2.84. The summed E-state index contributed by atoms with van der Waals surface area (Å²) in [7, 11) is 2.91. The van der Waals surface area contributed by atoms with Gasteiger partial charge in [0.05, 0.1) is 30.7 Å². The van der Waals surface area contributed by atoms with Gasteiger partial charge in [-0.05, 0) is 55.5 Å². The van der Waals surface area contributed by atoms with E-state index in [1.54, 1.807) is 49.4 Å². The molecule has 0 aliphatic carbocycles. The first-order valence-corrected chi connectivity index (χ1v) is 11.3. The third kappa shape index (κ3) is 6.48. The molecule has 35 heavy (non-hydrogen) atoms. The maximum absolute atomic E-state index is 13.2. The average molecular weight is 505 g/mol. The van der Waals surface area contributed by atoms with E-state index in [4.69, 9.17) is 9.47 Å². The van der Waals surface area contributed by atoms with Gasteiger partial charge >= 0.3 is 6.18 Å². The Balaban J connectivity index is 1.65. The second-order valence-electron chi connectivity index (χ2n) is 7.31. The van der Waals surface area contributed by atoms with Crippen LogP contribution in [0.25, 0.3) is 0 Å². The molecule has 0 bridgehead atoms. The molecule has 2 amide bonds. The Bertz CT molecular complexity index is 1180. The van der Waals surface area contributed by atoms with Crippen molar-refractivity contribution < 1.29 is 32.2 Å². The number of hydrogen-bond acceptors (Lipinski definition) is 5. The molecule has 10 heteroatoms. The lowest BCUT2D eigenvalue weighted by Gasteiger charge is -2.16. The molecule has 0 fully saturated rings. The number of amides is 2. The van der Waals surface area contributed by atoms with E-state index in [2.05, 4.69) is 10.6 Å². The number of thioether (sulfide) groups is 1. The molecule has 1 atom stereocenters. The monoisotopic (exact) mass is 504 g/mol. The number of hydrogen-bond donors (Lipinski definition) is 2. The normalized spacial score (nSPS) is 11.9. The van der Waals surface area contributed by atoms with Crippen molar-refractivity contribution in [2.75, 3.05) is 24.9 Å². The van der Waals surface area contributed by atoms with Crippen molar-refractivity contribution in [3.63, 3.8) is 0 Å². The Labute approximate surface area is 204 Å². The summed E-state index contributed by atoms with van der Waals surface area (Å²) in [6.07, 6.45) is -4.58. The predicted octanol–water partition coefficient (Wildman–Crippen LogP) is 6.09. The molecule has 0 saturated heterocycles. The first kappa shape index (κ1) is 26.0. The molecule has 0 heterocycles. The van der Waals surface area contributed by atoms with Gasteiger partial charge in [0.25, 0.3) is 5.91 Å². The van der Waals surface area contributed by atoms with Crippen LogP contribution in [-0.2, 0) is 11.0 Å². The van der Waals surface area contributed by atoms with Crippen LogP contribution in [0.3, 0.4) is 0 Å². The molecular weight excluding hydrogens is 481 g/mol. The number of nitrogens with one attached hydrogen (secondary N) is 2. The SMILES string of the molecule is COc1cccc(OC)c1C(=O)Nc1ccc(SC(C)C(=O)Nc2ccccc2C(F)(F)F)cc1. The number of carbonyl (C=O) groups is 2. The zero-order valence-corrected chi connectivity index (χ0v) is 19.9. The van der Waals surface area contributed by atoms with E-state index in [9.17, 15) is 22.8 Å². The van der Waals surface area contributed by atoms with Gasteiger partial charge in [0, 0.05) is 10.6 Å². The zero-order chi connectivity index (χ0) is 25.6. The Morgan fingerprint density at radius 2 is 1.46 bits per heavy atom. The standard InChI is InChI=1S/C25H23F3N2O4S/c1-15(23(31)30-19-8-5-4-7-18(19)25(26,27)28)35-17-13-11-16(12-14-17)29-24(32)22-20(33-2)9-6-10-21(22)34-3/h4-15H,1-3H3,(H,29,32)(H,30,31). The van der Waals surface area contributed by atoms with Crippen LogP contribution in [0, 0.1) is 0 Å². The van der Waals surface area contributed by atoms with Gasteiger partial charge in [-0.1, -0.05) is 18.2 Å². The number of para-hydroxylation sites is 1. The topological polar surface area (TPSA) is 76.7 Å². The van der Waals surface area contributed by atoms with Gasteiger partial charge in [0.15, 0.2) is 0 Å². The van der Waals surface area contributed by atoms with Gasteiger partial charge in [-0.3, -0.25) is 9.59 Å². The highest BCUT2D eigenvalue weighted by Gasteiger charge is 2.34. The molecule has 6 nitrogen and oxygen atoms in total. The number of carbonyl (C=O) groups excluding carboxylic acids is 2. The Morgan fingerprint density at radius 1 is 0.857 bits per heavy atom. The van der Waals surface area contributed by atoms with E-state index < -0.39 is 28.8 Å². The first-order chi connectivity index (χ1) is 16.6. The minimum atomic E-state index is -4.58. The van der Waals surface area contributed by atoms with Crippen LogP contribution >= 0.6 is 11.8 Å². The minimum absolute atomic E-state index is 0.250. The highest BCUT2D eigenvalue weighted by Crippen LogP contribution is 2.35. The quantitative estimate of drug-likeness (QED) is 0.363. The molecule has 0 aliphatic rings. The Hall–Kier alpha value is -3.66. The van der Waals surface area contributed by atoms with Crippen molar-refractivity contribution in [3.8, 4) is 11.5 Å². The van der Waals surface area contributed by atoms with Crippen LogP contribution in [0.2, 0.25) is 0 Å². The van der Waals surface area contributed by atoms with Crippen LogP contribution in [0.15, 0.2) is 71.6 Å². The van der Waals surface area contributed by atoms with E-state index >= 15 is 0 Å². The highest BCUT2D eigenvalue weighted by atomic mass is 32.2. The van der Waals surface area contributed by atoms with E-state index in [1.807, 2.05) is 0 Å². The lowest BCUT2D eigenvalue weighted by molar-refractivity contribution is -0.137. The summed E-state index contributed by atoms with van der Waals surface area (Å²) >= 11 is 1.17. The predicted molar refractivity (Wildman–Crippen MR) is 129 cm³/mol. The van der Waals surface area contributed by atoms with Gasteiger partial charge in [-0.25, -0.2) is 0 Å². The van der Waals surface area contributed by atoms with E-state index in [1.165, 1.54) is 44.2 Å². The van der Waals surface area contributed by atoms with Crippen molar-refractivity contribution in [1.29, 1.82) is 0 Å². The van der Waals surface area contributed by atoms with E-state index in [0.717, 1.165) is 6.07 Å². The third-order valence-electron chi connectivity index (χ3n) is 4.94. The maximum atomic E-state index is 13.2. The van der Waals surface area contributed by atoms with E-state index in [0.29, 0.717) is 22.1 Å². The molecule has 3 aromatic rings. The Kier molecular flexibility index (Phi) is 8.29. The lowest BCUT2D eigenvalue weighted by Crippen LogP contribution is -2.24.